The molecule has 3 N–H and O–H groups in total. The number of ether oxygens (including phenoxy) is 1. The highest BCUT2D eigenvalue weighted by atomic mass is 32.2. The lowest BCUT2D eigenvalue weighted by atomic mass is 10.2. The third kappa shape index (κ3) is 3.22. The van der Waals surface area contributed by atoms with Gasteiger partial charge in [0.15, 0.2) is 0 Å². The van der Waals surface area contributed by atoms with Gasteiger partial charge in [-0.15, -0.1) is 0 Å². The third-order valence-electron chi connectivity index (χ3n) is 2.91. The molecule has 0 aromatic heterocycles. The summed E-state index contributed by atoms with van der Waals surface area (Å²) < 4.78 is 32.1. The summed E-state index contributed by atoms with van der Waals surface area (Å²) in [6.45, 7) is 2.84. The van der Waals surface area contributed by atoms with Crippen LogP contribution in [0.5, 0.6) is 0 Å². The van der Waals surface area contributed by atoms with Gasteiger partial charge in [-0.05, 0) is 43.5 Å². The molecule has 6 heteroatoms. The predicted octanol–water partition coefficient (Wildman–Crippen LogP) is 1.03. The van der Waals surface area contributed by atoms with Gasteiger partial charge in [0.1, 0.15) is 0 Å². The van der Waals surface area contributed by atoms with Crippen molar-refractivity contribution in [2.75, 3.05) is 18.9 Å². The topological polar surface area (TPSA) is 81.4 Å². The van der Waals surface area contributed by atoms with E-state index >= 15 is 0 Å². The zero-order valence-electron chi connectivity index (χ0n) is 10.3. The number of anilines is 1. The Morgan fingerprint density at radius 3 is 2.83 bits per heavy atom. The van der Waals surface area contributed by atoms with Gasteiger partial charge in [-0.3, -0.25) is 0 Å². The molecule has 1 unspecified atom stereocenters. The van der Waals surface area contributed by atoms with Gasteiger partial charge in [0.2, 0.25) is 10.0 Å². The van der Waals surface area contributed by atoms with E-state index in [0.717, 1.165) is 18.4 Å². The van der Waals surface area contributed by atoms with Gasteiger partial charge in [0.05, 0.1) is 11.0 Å². The monoisotopic (exact) mass is 270 g/mol. The number of sulfonamides is 1. The van der Waals surface area contributed by atoms with E-state index in [0.29, 0.717) is 18.8 Å². The molecule has 18 heavy (non-hydrogen) atoms. The molecule has 1 fully saturated rings. The van der Waals surface area contributed by atoms with Gasteiger partial charge >= 0.3 is 0 Å². The van der Waals surface area contributed by atoms with Gasteiger partial charge in [-0.25, -0.2) is 13.1 Å². The zero-order chi connectivity index (χ0) is 13.2. The Balaban J connectivity index is 2.09. The number of nitrogens with two attached hydrogens (primary N) is 1. The number of nitrogen functional groups attached to an aromatic ring is 1. The summed E-state index contributed by atoms with van der Waals surface area (Å²) in [6, 6.07) is 4.80. The van der Waals surface area contributed by atoms with Crippen molar-refractivity contribution in [3.8, 4) is 0 Å². The maximum Gasteiger partial charge on any atom is 0.240 e. The SMILES string of the molecule is Cc1cc(N)cc(S(=O)(=O)NCC2CCCO2)c1. The number of hydrogen-bond acceptors (Lipinski definition) is 4. The summed E-state index contributed by atoms with van der Waals surface area (Å²) >= 11 is 0. The maximum atomic E-state index is 12.1. The standard InChI is InChI=1S/C12H18N2O3S/c1-9-5-10(13)7-12(6-9)18(15,16)14-8-11-3-2-4-17-11/h5-7,11,14H,2-4,8,13H2,1H3. The average Bonchev–Trinajstić information content (AvgIpc) is 2.78. The van der Waals surface area contributed by atoms with Crippen LogP contribution in [-0.2, 0) is 14.8 Å². The van der Waals surface area contributed by atoms with Crippen molar-refractivity contribution < 1.29 is 13.2 Å². The number of aryl methyl sites for hydroxylation is 1. The van der Waals surface area contributed by atoms with Crippen LogP contribution in [0.15, 0.2) is 23.1 Å². The predicted molar refractivity (Wildman–Crippen MR) is 69.8 cm³/mol. The van der Waals surface area contributed by atoms with Crippen LogP contribution in [0.4, 0.5) is 5.69 Å². The Morgan fingerprint density at radius 1 is 1.44 bits per heavy atom. The first-order chi connectivity index (χ1) is 8.47. The summed E-state index contributed by atoms with van der Waals surface area (Å²) in [5, 5.41) is 0. The highest BCUT2D eigenvalue weighted by Crippen LogP contribution is 2.17. The Hall–Kier alpha value is -1.11. The Labute approximate surface area is 107 Å². The van der Waals surface area contributed by atoms with Crippen LogP contribution < -0.4 is 10.5 Å². The molecule has 0 spiro atoms. The van der Waals surface area contributed by atoms with Gasteiger partial charge in [-0.2, -0.15) is 0 Å². The summed E-state index contributed by atoms with van der Waals surface area (Å²) in [6.07, 6.45) is 1.88. The molecule has 0 radical (unpaired) electrons. The van der Waals surface area contributed by atoms with Crippen molar-refractivity contribution in [2.45, 2.75) is 30.8 Å². The lowest BCUT2D eigenvalue weighted by Crippen LogP contribution is -2.31. The van der Waals surface area contributed by atoms with Crippen molar-refractivity contribution in [1.82, 2.24) is 4.72 Å². The fourth-order valence-electron chi connectivity index (χ4n) is 2.02. The minimum absolute atomic E-state index is 0.0121. The molecule has 1 saturated heterocycles. The summed E-state index contributed by atoms with van der Waals surface area (Å²) in [5.74, 6) is 0. The third-order valence-corrected chi connectivity index (χ3v) is 4.31. The van der Waals surface area contributed by atoms with Crippen LogP contribution in [0.1, 0.15) is 18.4 Å². The summed E-state index contributed by atoms with van der Waals surface area (Å²) in [5.41, 5.74) is 6.94. The van der Waals surface area contributed by atoms with E-state index in [1.54, 1.807) is 12.1 Å². The van der Waals surface area contributed by atoms with Crippen molar-refractivity contribution >= 4 is 15.7 Å². The molecule has 0 aliphatic carbocycles. The molecule has 100 valence electrons. The van der Waals surface area contributed by atoms with Gasteiger partial charge in [0.25, 0.3) is 0 Å². The molecule has 0 amide bonds. The minimum Gasteiger partial charge on any atom is -0.399 e. The van der Waals surface area contributed by atoms with E-state index in [-0.39, 0.29) is 11.0 Å². The normalized spacial score (nSPS) is 20.2. The first-order valence-corrected chi connectivity index (χ1v) is 7.44. The number of rotatable bonds is 4. The second-order valence-corrected chi connectivity index (χ2v) is 6.33. The summed E-state index contributed by atoms with van der Waals surface area (Å²) in [4.78, 5) is 0.206. The molecule has 1 heterocycles. The maximum absolute atomic E-state index is 12.1. The smallest absolute Gasteiger partial charge is 0.240 e. The molecule has 2 rings (SSSR count). The second kappa shape index (κ2) is 5.26. The zero-order valence-corrected chi connectivity index (χ0v) is 11.2. The molecule has 0 bridgehead atoms. The quantitative estimate of drug-likeness (QED) is 0.801. The van der Waals surface area contributed by atoms with Gasteiger partial charge in [0, 0.05) is 18.8 Å². The fraction of sp³-hybridized carbons (Fsp3) is 0.500. The Bertz CT molecular complexity index is 502. The van der Waals surface area contributed by atoms with E-state index in [9.17, 15) is 8.42 Å². The van der Waals surface area contributed by atoms with Crippen molar-refractivity contribution in [1.29, 1.82) is 0 Å². The molecule has 5 nitrogen and oxygen atoms in total. The van der Waals surface area contributed by atoms with E-state index in [1.807, 2.05) is 6.92 Å². The highest BCUT2D eigenvalue weighted by Gasteiger charge is 2.20. The largest absolute Gasteiger partial charge is 0.399 e. The molecule has 1 aliphatic rings. The summed E-state index contributed by atoms with van der Waals surface area (Å²) in [7, 11) is -3.50. The molecule has 0 saturated carbocycles. The van der Waals surface area contributed by atoms with Crippen LogP contribution in [0.25, 0.3) is 0 Å². The van der Waals surface area contributed by atoms with E-state index < -0.39 is 10.0 Å². The van der Waals surface area contributed by atoms with Crippen molar-refractivity contribution in [3.05, 3.63) is 23.8 Å². The molecular weight excluding hydrogens is 252 g/mol. The van der Waals surface area contributed by atoms with E-state index in [1.165, 1.54) is 6.07 Å². The lowest BCUT2D eigenvalue weighted by molar-refractivity contribution is 0.114. The fourth-order valence-corrected chi connectivity index (χ4v) is 3.23. The van der Waals surface area contributed by atoms with Crippen LogP contribution >= 0.6 is 0 Å². The lowest BCUT2D eigenvalue weighted by Gasteiger charge is -2.12. The van der Waals surface area contributed by atoms with E-state index in [4.69, 9.17) is 10.5 Å². The van der Waals surface area contributed by atoms with Crippen LogP contribution in [0.2, 0.25) is 0 Å². The molecular formula is C12H18N2O3S. The van der Waals surface area contributed by atoms with Crippen molar-refractivity contribution in [2.24, 2.45) is 0 Å². The van der Waals surface area contributed by atoms with Crippen LogP contribution in [0.3, 0.4) is 0 Å². The van der Waals surface area contributed by atoms with Crippen LogP contribution in [0, 0.1) is 6.92 Å². The number of nitrogens with one attached hydrogen (secondary N) is 1. The van der Waals surface area contributed by atoms with Gasteiger partial charge < -0.3 is 10.5 Å². The molecule has 1 aromatic carbocycles. The average molecular weight is 270 g/mol. The molecule has 1 aliphatic heterocycles. The number of benzene rings is 1. The van der Waals surface area contributed by atoms with Crippen molar-refractivity contribution in [3.63, 3.8) is 0 Å². The number of hydrogen-bond donors (Lipinski definition) is 2. The van der Waals surface area contributed by atoms with Gasteiger partial charge in [-0.1, -0.05) is 0 Å². The highest BCUT2D eigenvalue weighted by molar-refractivity contribution is 7.89. The Morgan fingerprint density at radius 2 is 2.22 bits per heavy atom. The first-order valence-electron chi connectivity index (χ1n) is 5.96. The molecule has 1 aromatic rings. The van der Waals surface area contributed by atoms with Crippen LogP contribution in [-0.4, -0.2) is 27.7 Å². The Kier molecular flexibility index (Phi) is 3.89. The minimum atomic E-state index is -3.50. The van der Waals surface area contributed by atoms with E-state index in [2.05, 4.69) is 4.72 Å². The molecule has 1 atom stereocenters. The second-order valence-electron chi connectivity index (χ2n) is 4.57. The first kappa shape index (κ1) is 13.3.